The van der Waals surface area contributed by atoms with Crippen LogP contribution in [0.15, 0.2) is 83.8 Å². The molecule has 0 bridgehead atoms. The monoisotopic (exact) mass is 433 g/mol. The maximum absolute atomic E-state index is 12.9. The SMILES string of the molecule is C[C@H](NC(=O)c1nn2cc(-c3ccc4ccccc4c3)[nH]c(=O)c2c1C#N)c1ccccc1. The van der Waals surface area contributed by atoms with E-state index in [-0.39, 0.29) is 22.8 Å². The highest BCUT2D eigenvalue weighted by atomic mass is 16.2. The molecule has 0 spiro atoms. The third-order valence-electron chi connectivity index (χ3n) is 5.66. The number of carbonyl (C=O) groups excluding carboxylic acids is 1. The van der Waals surface area contributed by atoms with Crippen molar-refractivity contribution < 1.29 is 4.79 Å². The van der Waals surface area contributed by atoms with Crippen LogP contribution in [-0.4, -0.2) is 20.5 Å². The molecule has 7 heteroatoms. The van der Waals surface area contributed by atoms with E-state index in [1.165, 1.54) is 4.52 Å². The predicted molar refractivity (Wildman–Crippen MR) is 126 cm³/mol. The minimum Gasteiger partial charge on any atom is -0.344 e. The molecule has 0 saturated heterocycles. The molecule has 5 aromatic rings. The summed E-state index contributed by atoms with van der Waals surface area (Å²) < 4.78 is 1.31. The highest BCUT2D eigenvalue weighted by Crippen LogP contribution is 2.23. The number of aromatic nitrogens is 3. The third kappa shape index (κ3) is 3.64. The Bertz CT molecular complexity index is 1610. The maximum Gasteiger partial charge on any atom is 0.275 e. The minimum absolute atomic E-state index is 0.0413. The number of carbonyl (C=O) groups is 1. The fourth-order valence-electron chi connectivity index (χ4n) is 3.94. The Morgan fingerprint density at radius 2 is 1.79 bits per heavy atom. The molecule has 0 aliphatic rings. The molecule has 2 N–H and O–H groups in total. The summed E-state index contributed by atoms with van der Waals surface area (Å²) in [7, 11) is 0. The van der Waals surface area contributed by atoms with Gasteiger partial charge in [-0.05, 0) is 29.3 Å². The van der Waals surface area contributed by atoms with Gasteiger partial charge in [0.1, 0.15) is 17.1 Å². The lowest BCUT2D eigenvalue weighted by Gasteiger charge is -2.13. The molecule has 1 amide bonds. The zero-order valence-corrected chi connectivity index (χ0v) is 17.7. The first-order valence-electron chi connectivity index (χ1n) is 10.5. The van der Waals surface area contributed by atoms with Gasteiger partial charge in [0.2, 0.25) is 0 Å². The van der Waals surface area contributed by atoms with E-state index in [1.54, 1.807) is 6.20 Å². The number of fused-ring (bicyclic) bond motifs is 2. The van der Waals surface area contributed by atoms with E-state index >= 15 is 0 Å². The number of hydrogen-bond acceptors (Lipinski definition) is 4. The molecule has 0 fully saturated rings. The van der Waals surface area contributed by atoms with Crippen LogP contribution < -0.4 is 10.9 Å². The molecule has 5 rings (SSSR count). The standard InChI is InChI=1S/C26H19N5O2/c1-16(17-7-3-2-4-8-17)28-25(32)23-21(14-27)24-26(33)29-22(15-31(24)30-23)20-12-11-18-9-5-6-10-19(18)13-20/h2-13,15-16H,1H3,(H,28,32)(H,29,33)/t16-/m0/s1. The number of amides is 1. The lowest BCUT2D eigenvalue weighted by atomic mass is 10.1. The van der Waals surface area contributed by atoms with Crippen LogP contribution in [0.2, 0.25) is 0 Å². The first kappa shape index (κ1) is 20.2. The minimum atomic E-state index is -0.516. The average Bonchev–Trinajstić information content (AvgIpc) is 3.23. The summed E-state index contributed by atoms with van der Waals surface area (Å²) in [6.07, 6.45) is 1.62. The highest BCUT2D eigenvalue weighted by molar-refractivity contribution is 5.97. The molecule has 0 saturated carbocycles. The molecule has 33 heavy (non-hydrogen) atoms. The van der Waals surface area contributed by atoms with Crippen molar-refractivity contribution >= 4 is 22.2 Å². The van der Waals surface area contributed by atoms with Crippen LogP contribution in [0, 0.1) is 11.3 Å². The molecule has 2 aromatic heterocycles. The highest BCUT2D eigenvalue weighted by Gasteiger charge is 2.23. The Kier molecular flexibility index (Phi) is 4.96. The molecule has 3 aromatic carbocycles. The van der Waals surface area contributed by atoms with E-state index in [9.17, 15) is 14.9 Å². The quantitative estimate of drug-likeness (QED) is 0.443. The molecule has 7 nitrogen and oxygen atoms in total. The maximum atomic E-state index is 12.9. The summed E-state index contributed by atoms with van der Waals surface area (Å²) >= 11 is 0. The van der Waals surface area contributed by atoms with E-state index in [1.807, 2.05) is 85.8 Å². The Morgan fingerprint density at radius 3 is 2.55 bits per heavy atom. The lowest BCUT2D eigenvalue weighted by molar-refractivity contribution is 0.0934. The number of rotatable bonds is 4. The molecule has 2 heterocycles. The Balaban J connectivity index is 1.56. The van der Waals surface area contributed by atoms with Gasteiger partial charge in [-0.15, -0.1) is 0 Å². The van der Waals surface area contributed by atoms with Gasteiger partial charge in [0.25, 0.3) is 11.5 Å². The van der Waals surface area contributed by atoms with Gasteiger partial charge in [0.15, 0.2) is 5.69 Å². The molecular formula is C26H19N5O2. The number of nitrogens with one attached hydrogen (secondary N) is 2. The molecular weight excluding hydrogens is 414 g/mol. The smallest absolute Gasteiger partial charge is 0.275 e. The van der Waals surface area contributed by atoms with Crippen LogP contribution in [-0.2, 0) is 0 Å². The average molecular weight is 433 g/mol. The zero-order valence-electron chi connectivity index (χ0n) is 17.7. The Labute approximate surface area is 188 Å². The second-order valence-corrected chi connectivity index (χ2v) is 7.79. The first-order valence-corrected chi connectivity index (χ1v) is 10.5. The van der Waals surface area contributed by atoms with Crippen LogP contribution >= 0.6 is 0 Å². The number of nitrogens with zero attached hydrogens (tertiary/aromatic N) is 3. The van der Waals surface area contributed by atoms with Crippen molar-refractivity contribution in [2.75, 3.05) is 0 Å². The topological polar surface area (TPSA) is 103 Å². The van der Waals surface area contributed by atoms with Gasteiger partial charge < -0.3 is 10.3 Å². The van der Waals surface area contributed by atoms with E-state index < -0.39 is 11.5 Å². The molecule has 0 aliphatic heterocycles. The number of H-pyrrole nitrogens is 1. The summed E-state index contributed by atoms with van der Waals surface area (Å²) in [6, 6.07) is 24.9. The summed E-state index contributed by atoms with van der Waals surface area (Å²) in [4.78, 5) is 28.7. The van der Waals surface area contributed by atoms with E-state index in [0.29, 0.717) is 5.69 Å². The van der Waals surface area contributed by atoms with Crippen molar-refractivity contribution in [2.45, 2.75) is 13.0 Å². The molecule has 1 atom stereocenters. The van der Waals surface area contributed by atoms with Gasteiger partial charge in [0, 0.05) is 5.56 Å². The van der Waals surface area contributed by atoms with Crippen molar-refractivity contribution in [1.82, 2.24) is 19.9 Å². The van der Waals surface area contributed by atoms with Crippen LogP contribution in [0.3, 0.4) is 0 Å². The number of benzene rings is 3. The largest absolute Gasteiger partial charge is 0.344 e. The van der Waals surface area contributed by atoms with Gasteiger partial charge in [-0.3, -0.25) is 9.59 Å². The fraction of sp³-hybridized carbons (Fsp3) is 0.0769. The molecule has 0 unspecified atom stereocenters. The summed E-state index contributed by atoms with van der Waals surface area (Å²) in [6.45, 7) is 1.85. The third-order valence-corrected chi connectivity index (χ3v) is 5.66. The van der Waals surface area contributed by atoms with Gasteiger partial charge in [-0.25, -0.2) is 4.52 Å². The normalized spacial score (nSPS) is 11.9. The van der Waals surface area contributed by atoms with Crippen molar-refractivity contribution in [2.24, 2.45) is 0 Å². The Hall–Kier alpha value is -4.70. The fourth-order valence-corrected chi connectivity index (χ4v) is 3.94. The van der Waals surface area contributed by atoms with E-state index in [2.05, 4.69) is 15.4 Å². The van der Waals surface area contributed by atoms with Crippen molar-refractivity contribution in [3.63, 3.8) is 0 Å². The Morgan fingerprint density at radius 1 is 1.06 bits per heavy atom. The van der Waals surface area contributed by atoms with E-state index in [4.69, 9.17) is 0 Å². The molecule has 160 valence electrons. The van der Waals surface area contributed by atoms with Gasteiger partial charge in [0.05, 0.1) is 17.9 Å². The van der Waals surface area contributed by atoms with Crippen LogP contribution in [0.4, 0.5) is 0 Å². The summed E-state index contributed by atoms with van der Waals surface area (Å²) in [5.41, 5.74) is 1.67. The van der Waals surface area contributed by atoms with Gasteiger partial charge >= 0.3 is 0 Å². The molecule has 0 radical (unpaired) electrons. The molecule has 0 aliphatic carbocycles. The number of aromatic amines is 1. The summed E-state index contributed by atoms with van der Waals surface area (Å²) in [5.74, 6) is -0.516. The number of hydrogen-bond donors (Lipinski definition) is 2. The lowest BCUT2D eigenvalue weighted by Crippen LogP contribution is -2.27. The van der Waals surface area contributed by atoms with Crippen LogP contribution in [0.1, 0.15) is 34.6 Å². The van der Waals surface area contributed by atoms with Crippen LogP contribution in [0.25, 0.3) is 27.5 Å². The van der Waals surface area contributed by atoms with Gasteiger partial charge in [-0.2, -0.15) is 10.4 Å². The van der Waals surface area contributed by atoms with Crippen molar-refractivity contribution in [3.05, 3.63) is 106 Å². The van der Waals surface area contributed by atoms with Gasteiger partial charge in [-0.1, -0.05) is 66.7 Å². The zero-order chi connectivity index (χ0) is 22.9. The summed E-state index contributed by atoms with van der Waals surface area (Å²) in [5, 5.41) is 19.0. The van der Waals surface area contributed by atoms with E-state index in [0.717, 1.165) is 21.9 Å². The number of nitriles is 1. The second-order valence-electron chi connectivity index (χ2n) is 7.79. The second kappa shape index (κ2) is 8.09. The first-order chi connectivity index (χ1) is 16.0. The van der Waals surface area contributed by atoms with Crippen LogP contribution in [0.5, 0.6) is 0 Å². The van der Waals surface area contributed by atoms with Crippen molar-refractivity contribution in [1.29, 1.82) is 5.26 Å². The van der Waals surface area contributed by atoms with Crippen molar-refractivity contribution in [3.8, 4) is 17.3 Å². The predicted octanol–water partition coefficient (Wildman–Crippen LogP) is 4.21.